The molecule has 0 aromatic heterocycles. The minimum absolute atomic E-state index is 0.285. The topological polar surface area (TPSA) is 40.5 Å². The van der Waals surface area contributed by atoms with Crippen LogP contribution in [0.1, 0.15) is 37.7 Å². The molecule has 1 aliphatic rings. The smallest absolute Gasteiger partial charge is 0.303 e. The molecule has 0 radical (unpaired) electrons. The summed E-state index contributed by atoms with van der Waals surface area (Å²) in [6.45, 7) is 5.39. The van der Waals surface area contributed by atoms with Crippen LogP contribution in [0, 0.1) is 5.92 Å². The van der Waals surface area contributed by atoms with E-state index in [0.29, 0.717) is 11.8 Å². The molecule has 1 aromatic rings. The maximum Gasteiger partial charge on any atom is 0.303 e. The van der Waals surface area contributed by atoms with Crippen molar-refractivity contribution in [3.8, 4) is 0 Å². The van der Waals surface area contributed by atoms with Crippen molar-refractivity contribution < 1.29 is 9.90 Å². The summed E-state index contributed by atoms with van der Waals surface area (Å²) in [6.07, 6.45) is 2.23. The van der Waals surface area contributed by atoms with Crippen molar-refractivity contribution in [2.45, 2.75) is 32.1 Å². The summed E-state index contributed by atoms with van der Waals surface area (Å²) < 4.78 is 0. The fraction of sp³-hybridized carbons (Fsp3) is 0.562. The number of carboxylic acids is 1. The summed E-state index contributed by atoms with van der Waals surface area (Å²) in [5.74, 6) is 0.602. The summed E-state index contributed by atoms with van der Waals surface area (Å²) in [4.78, 5) is 12.9. The minimum atomic E-state index is -0.688. The van der Waals surface area contributed by atoms with Gasteiger partial charge in [0.1, 0.15) is 0 Å². The molecular weight excluding hydrogens is 238 g/mol. The number of nitrogens with zero attached hydrogens (tertiary/aromatic N) is 1. The first-order chi connectivity index (χ1) is 9.16. The van der Waals surface area contributed by atoms with Crippen molar-refractivity contribution in [2.75, 3.05) is 19.6 Å². The fourth-order valence-electron chi connectivity index (χ4n) is 3.08. The van der Waals surface area contributed by atoms with Gasteiger partial charge in [-0.05, 0) is 43.3 Å². The van der Waals surface area contributed by atoms with Gasteiger partial charge < -0.3 is 10.0 Å². The number of hydrogen-bond acceptors (Lipinski definition) is 2. The molecule has 0 aliphatic carbocycles. The Labute approximate surface area is 115 Å². The molecule has 1 aromatic carbocycles. The third-order valence-electron chi connectivity index (χ3n) is 4.08. The molecule has 19 heavy (non-hydrogen) atoms. The fourth-order valence-corrected chi connectivity index (χ4v) is 3.08. The Balaban J connectivity index is 1.83. The van der Waals surface area contributed by atoms with Gasteiger partial charge in [0.25, 0.3) is 0 Å². The number of piperidine rings is 1. The maximum atomic E-state index is 10.5. The van der Waals surface area contributed by atoms with Crippen LogP contribution in [0.25, 0.3) is 0 Å². The van der Waals surface area contributed by atoms with Crippen LogP contribution in [0.5, 0.6) is 0 Å². The highest BCUT2D eigenvalue weighted by Crippen LogP contribution is 2.32. The maximum absolute atomic E-state index is 10.5. The lowest BCUT2D eigenvalue weighted by atomic mass is 9.81. The summed E-state index contributed by atoms with van der Waals surface area (Å²) >= 11 is 0. The van der Waals surface area contributed by atoms with Crippen molar-refractivity contribution in [1.82, 2.24) is 4.90 Å². The SMILES string of the molecule is C[C@@H]1CN(CCCC(=O)O)CC[C@@H]1c1ccccc1. The summed E-state index contributed by atoms with van der Waals surface area (Å²) in [7, 11) is 0. The molecular formula is C16H23NO2. The van der Waals surface area contributed by atoms with E-state index in [2.05, 4.69) is 42.2 Å². The van der Waals surface area contributed by atoms with Crippen LogP contribution in [-0.4, -0.2) is 35.6 Å². The van der Waals surface area contributed by atoms with E-state index in [1.54, 1.807) is 0 Å². The van der Waals surface area contributed by atoms with Crippen LogP contribution in [-0.2, 0) is 4.79 Å². The van der Waals surface area contributed by atoms with Crippen LogP contribution in [0.4, 0.5) is 0 Å². The van der Waals surface area contributed by atoms with Gasteiger partial charge in [0.15, 0.2) is 0 Å². The van der Waals surface area contributed by atoms with Crippen LogP contribution >= 0.6 is 0 Å². The molecule has 1 saturated heterocycles. The zero-order valence-electron chi connectivity index (χ0n) is 11.6. The first kappa shape index (κ1) is 14.1. The molecule has 1 aliphatic heterocycles. The predicted molar refractivity (Wildman–Crippen MR) is 76.3 cm³/mol. The molecule has 104 valence electrons. The Morgan fingerprint density at radius 3 is 2.74 bits per heavy atom. The number of benzene rings is 1. The summed E-state index contributed by atoms with van der Waals surface area (Å²) in [5, 5.41) is 8.67. The number of carbonyl (C=O) groups is 1. The number of carboxylic acid groups (broad SMARTS) is 1. The predicted octanol–water partition coefficient (Wildman–Crippen LogP) is 2.98. The zero-order chi connectivity index (χ0) is 13.7. The van der Waals surface area contributed by atoms with Crippen molar-refractivity contribution >= 4 is 5.97 Å². The van der Waals surface area contributed by atoms with Gasteiger partial charge in [-0.3, -0.25) is 4.79 Å². The first-order valence-corrected chi connectivity index (χ1v) is 7.16. The standard InChI is InChI=1S/C16H23NO2/c1-13-12-17(10-5-8-16(18)19)11-9-15(13)14-6-3-2-4-7-14/h2-4,6-7,13,15H,5,8-12H2,1H3,(H,18,19)/t13-,15+/m1/s1. The second kappa shape index (κ2) is 6.71. The van der Waals surface area contributed by atoms with E-state index in [9.17, 15) is 4.79 Å². The molecule has 2 atom stereocenters. The van der Waals surface area contributed by atoms with Crippen molar-refractivity contribution in [3.05, 3.63) is 35.9 Å². The molecule has 0 spiro atoms. The Morgan fingerprint density at radius 2 is 2.11 bits per heavy atom. The summed E-state index contributed by atoms with van der Waals surface area (Å²) in [5.41, 5.74) is 1.44. The Kier molecular flexibility index (Phi) is 4.97. The number of rotatable bonds is 5. The van der Waals surface area contributed by atoms with E-state index in [0.717, 1.165) is 26.1 Å². The molecule has 1 N–H and O–H groups in total. The van der Waals surface area contributed by atoms with E-state index in [4.69, 9.17) is 5.11 Å². The van der Waals surface area contributed by atoms with Crippen molar-refractivity contribution in [3.63, 3.8) is 0 Å². The molecule has 1 fully saturated rings. The molecule has 0 unspecified atom stereocenters. The van der Waals surface area contributed by atoms with Gasteiger partial charge in [-0.1, -0.05) is 37.3 Å². The molecule has 2 rings (SSSR count). The van der Waals surface area contributed by atoms with Gasteiger partial charge in [-0.25, -0.2) is 0 Å². The van der Waals surface area contributed by atoms with Crippen molar-refractivity contribution in [2.24, 2.45) is 5.92 Å². The highest BCUT2D eigenvalue weighted by molar-refractivity contribution is 5.66. The van der Waals surface area contributed by atoms with Crippen molar-refractivity contribution in [1.29, 1.82) is 0 Å². The van der Waals surface area contributed by atoms with E-state index in [-0.39, 0.29) is 6.42 Å². The highest BCUT2D eigenvalue weighted by atomic mass is 16.4. The molecule has 0 bridgehead atoms. The van der Waals surface area contributed by atoms with E-state index < -0.39 is 5.97 Å². The monoisotopic (exact) mass is 261 g/mol. The molecule has 3 heteroatoms. The Bertz CT molecular complexity index is 404. The lowest BCUT2D eigenvalue weighted by molar-refractivity contribution is -0.137. The van der Waals surface area contributed by atoms with Gasteiger partial charge in [-0.2, -0.15) is 0 Å². The first-order valence-electron chi connectivity index (χ1n) is 7.16. The van der Waals surface area contributed by atoms with Gasteiger partial charge in [0, 0.05) is 13.0 Å². The average Bonchev–Trinajstić information content (AvgIpc) is 2.39. The summed E-state index contributed by atoms with van der Waals surface area (Å²) in [6, 6.07) is 10.7. The lowest BCUT2D eigenvalue weighted by Gasteiger charge is -2.37. The largest absolute Gasteiger partial charge is 0.481 e. The third kappa shape index (κ3) is 4.06. The molecule has 1 heterocycles. The molecule has 3 nitrogen and oxygen atoms in total. The van der Waals surface area contributed by atoms with Gasteiger partial charge in [0.05, 0.1) is 0 Å². The minimum Gasteiger partial charge on any atom is -0.481 e. The van der Waals surface area contributed by atoms with Gasteiger partial charge in [-0.15, -0.1) is 0 Å². The molecule has 0 saturated carbocycles. The second-order valence-electron chi connectivity index (χ2n) is 5.58. The van der Waals surface area contributed by atoms with E-state index in [1.807, 2.05) is 0 Å². The Hall–Kier alpha value is -1.35. The number of likely N-dealkylation sites (tertiary alicyclic amines) is 1. The second-order valence-corrected chi connectivity index (χ2v) is 5.58. The quantitative estimate of drug-likeness (QED) is 0.886. The zero-order valence-corrected chi connectivity index (χ0v) is 11.6. The van der Waals surface area contributed by atoms with Gasteiger partial charge in [0.2, 0.25) is 0 Å². The third-order valence-corrected chi connectivity index (χ3v) is 4.08. The van der Waals surface area contributed by atoms with Gasteiger partial charge >= 0.3 is 5.97 Å². The van der Waals surface area contributed by atoms with Crippen LogP contribution < -0.4 is 0 Å². The molecule has 0 amide bonds. The number of hydrogen-bond donors (Lipinski definition) is 1. The van der Waals surface area contributed by atoms with Crippen LogP contribution in [0.3, 0.4) is 0 Å². The Morgan fingerprint density at radius 1 is 1.37 bits per heavy atom. The van der Waals surface area contributed by atoms with Crippen LogP contribution in [0.2, 0.25) is 0 Å². The van der Waals surface area contributed by atoms with E-state index >= 15 is 0 Å². The lowest BCUT2D eigenvalue weighted by Crippen LogP contribution is -2.39. The average molecular weight is 261 g/mol. The normalized spacial score (nSPS) is 24.3. The number of aliphatic carboxylic acids is 1. The van der Waals surface area contributed by atoms with E-state index in [1.165, 1.54) is 12.0 Å². The van der Waals surface area contributed by atoms with Crippen LogP contribution in [0.15, 0.2) is 30.3 Å². The highest BCUT2D eigenvalue weighted by Gasteiger charge is 2.26.